The molecule has 3 aromatic rings. The Morgan fingerprint density at radius 1 is 1.30 bits per heavy atom. The number of aliphatic hydroxyl groups is 3. The fourth-order valence-corrected chi connectivity index (χ4v) is 3.46. The van der Waals surface area contributed by atoms with Crippen molar-refractivity contribution in [3.63, 3.8) is 0 Å². The van der Waals surface area contributed by atoms with Gasteiger partial charge in [-0.3, -0.25) is 4.57 Å². The fourth-order valence-electron chi connectivity index (χ4n) is 3.46. The van der Waals surface area contributed by atoms with Gasteiger partial charge in [0.2, 0.25) is 11.8 Å². The third-order valence-electron chi connectivity index (χ3n) is 5.13. The van der Waals surface area contributed by atoms with Gasteiger partial charge in [0.15, 0.2) is 17.4 Å². The molecule has 0 radical (unpaired) electrons. The van der Waals surface area contributed by atoms with Crippen LogP contribution in [0.2, 0.25) is 0 Å². The van der Waals surface area contributed by atoms with Gasteiger partial charge >= 0.3 is 0 Å². The molecule has 160 valence electrons. The number of hydrogen-bond acceptors (Lipinski definition) is 9. The monoisotopic (exact) mass is 419 g/mol. The molecule has 4 rings (SSSR count). The summed E-state index contributed by atoms with van der Waals surface area (Å²) in [5.41, 5.74) is -0.227. The van der Waals surface area contributed by atoms with Crippen molar-refractivity contribution < 1.29 is 29.2 Å². The van der Waals surface area contributed by atoms with E-state index < -0.39 is 30.6 Å². The van der Waals surface area contributed by atoms with Crippen molar-refractivity contribution in [2.45, 2.75) is 37.5 Å². The molecule has 4 atom stereocenters. The minimum absolute atomic E-state index is 0.206. The van der Waals surface area contributed by atoms with Gasteiger partial charge < -0.3 is 30.1 Å². The van der Waals surface area contributed by atoms with Gasteiger partial charge in [-0.25, -0.2) is 9.37 Å². The average Bonchev–Trinajstić information content (AvgIpc) is 3.25. The zero-order valence-electron chi connectivity index (χ0n) is 16.4. The summed E-state index contributed by atoms with van der Waals surface area (Å²) >= 11 is 0. The number of methoxy groups -OCH3 is 1. The van der Waals surface area contributed by atoms with Crippen molar-refractivity contribution in [2.75, 3.05) is 19.0 Å². The molecule has 1 fully saturated rings. The Morgan fingerprint density at radius 2 is 2.03 bits per heavy atom. The van der Waals surface area contributed by atoms with Crippen LogP contribution in [0.25, 0.3) is 11.2 Å². The van der Waals surface area contributed by atoms with Crippen molar-refractivity contribution in [3.8, 4) is 5.88 Å². The molecular formula is C19H22FN5O5. The van der Waals surface area contributed by atoms with Crippen LogP contribution in [0, 0.1) is 5.82 Å². The van der Waals surface area contributed by atoms with Crippen LogP contribution in [0.1, 0.15) is 18.7 Å². The zero-order valence-corrected chi connectivity index (χ0v) is 16.4. The van der Waals surface area contributed by atoms with Crippen molar-refractivity contribution >= 4 is 17.1 Å². The summed E-state index contributed by atoms with van der Waals surface area (Å²) in [6, 6.07) is 6.00. The van der Waals surface area contributed by atoms with Crippen LogP contribution in [-0.2, 0) is 11.3 Å². The second kappa shape index (κ2) is 7.76. The highest BCUT2D eigenvalue weighted by Crippen LogP contribution is 2.40. The summed E-state index contributed by atoms with van der Waals surface area (Å²) in [5.74, 6) is 0.105. The summed E-state index contributed by atoms with van der Waals surface area (Å²) in [4.78, 5) is 13.0. The summed E-state index contributed by atoms with van der Waals surface area (Å²) in [5, 5.41) is 33.5. The maximum absolute atomic E-state index is 13.1. The molecule has 0 saturated carbocycles. The molecule has 1 aliphatic heterocycles. The molecule has 3 heterocycles. The number of anilines is 1. The number of benzene rings is 1. The van der Waals surface area contributed by atoms with Gasteiger partial charge in [0, 0.05) is 6.54 Å². The van der Waals surface area contributed by atoms with E-state index in [2.05, 4.69) is 20.3 Å². The van der Waals surface area contributed by atoms with Crippen molar-refractivity contribution in [1.82, 2.24) is 19.5 Å². The van der Waals surface area contributed by atoms with Crippen LogP contribution in [0.4, 0.5) is 10.3 Å². The Labute approximate surface area is 170 Å². The number of fused-ring (bicyclic) bond motifs is 1. The number of halogens is 1. The summed E-state index contributed by atoms with van der Waals surface area (Å²) < 4.78 is 25.5. The van der Waals surface area contributed by atoms with Crippen LogP contribution < -0.4 is 10.1 Å². The summed E-state index contributed by atoms with van der Waals surface area (Å²) in [6.45, 7) is 1.30. The maximum Gasteiger partial charge on any atom is 0.246 e. The molecule has 1 unspecified atom stereocenters. The lowest BCUT2D eigenvalue weighted by molar-refractivity contribution is -0.0950. The van der Waals surface area contributed by atoms with E-state index in [1.54, 1.807) is 12.1 Å². The topological polar surface area (TPSA) is 135 Å². The first-order chi connectivity index (χ1) is 14.3. The highest BCUT2D eigenvalue weighted by Gasteiger charge is 2.53. The predicted octanol–water partition coefficient (Wildman–Crippen LogP) is 0.588. The third-order valence-corrected chi connectivity index (χ3v) is 5.13. The molecule has 0 aliphatic carbocycles. The molecule has 0 bridgehead atoms. The van der Waals surface area contributed by atoms with Gasteiger partial charge in [-0.1, -0.05) is 12.1 Å². The Hall–Kier alpha value is -2.86. The number of ether oxygens (including phenoxy) is 2. The van der Waals surface area contributed by atoms with Gasteiger partial charge in [-0.2, -0.15) is 9.97 Å². The molecule has 2 aromatic heterocycles. The first kappa shape index (κ1) is 20.4. The second-order valence-corrected chi connectivity index (χ2v) is 7.24. The lowest BCUT2D eigenvalue weighted by Crippen LogP contribution is -2.44. The van der Waals surface area contributed by atoms with E-state index in [-0.39, 0.29) is 17.6 Å². The third kappa shape index (κ3) is 3.45. The number of hydrogen-bond donors (Lipinski definition) is 4. The average molecular weight is 419 g/mol. The highest BCUT2D eigenvalue weighted by molar-refractivity contribution is 5.78. The number of aliphatic hydroxyl groups excluding tert-OH is 2. The maximum atomic E-state index is 13.1. The molecule has 4 N–H and O–H groups in total. The Morgan fingerprint density at radius 3 is 2.67 bits per heavy atom. The molecule has 10 nitrogen and oxygen atoms in total. The number of nitrogens with zero attached hydrogens (tertiary/aromatic N) is 4. The van der Waals surface area contributed by atoms with Crippen molar-refractivity contribution in [1.29, 1.82) is 0 Å². The van der Waals surface area contributed by atoms with E-state index in [9.17, 15) is 19.7 Å². The van der Waals surface area contributed by atoms with Crippen LogP contribution in [0.3, 0.4) is 0 Å². The molecule has 30 heavy (non-hydrogen) atoms. The fraction of sp³-hybridized carbons (Fsp3) is 0.421. The summed E-state index contributed by atoms with van der Waals surface area (Å²) in [7, 11) is 1.44. The normalized spacial score (nSPS) is 26.3. The minimum Gasteiger partial charge on any atom is -0.479 e. The largest absolute Gasteiger partial charge is 0.479 e. The lowest BCUT2D eigenvalue weighted by atomic mass is 9.96. The number of aromatic nitrogens is 4. The van der Waals surface area contributed by atoms with Gasteiger partial charge in [0.1, 0.15) is 23.6 Å². The van der Waals surface area contributed by atoms with Crippen molar-refractivity contribution in [2.24, 2.45) is 0 Å². The summed E-state index contributed by atoms with van der Waals surface area (Å²) in [6.07, 6.45) is -1.90. The Balaban J connectivity index is 1.69. The molecule has 0 amide bonds. The number of imidazole rings is 1. The van der Waals surface area contributed by atoms with Gasteiger partial charge in [0.25, 0.3) is 0 Å². The Kier molecular flexibility index (Phi) is 5.28. The quantitative estimate of drug-likeness (QED) is 0.453. The standard InChI is InChI=1S/C19H22FN5O5/c1-19(28)14(27)12(8-26)30-17(19)25-9-22-13-15(25)23-18(24-16(13)29-2)21-7-10-3-5-11(20)6-4-10/h3-6,9,12,14,17,26-28H,7-8H2,1-2H3,(H,21,23,24)/t12-,14-,17?,19-/m1/s1. The lowest BCUT2D eigenvalue weighted by Gasteiger charge is -2.27. The minimum atomic E-state index is -1.69. The van der Waals surface area contributed by atoms with Crippen LogP contribution in [-0.4, -0.2) is 66.4 Å². The molecular weight excluding hydrogens is 397 g/mol. The van der Waals surface area contributed by atoms with E-state index in [0.29, 0.717) is 17.7 Å². The Bertz CT molecular complexity index is 1040. The van der Waals surface area contributed by atoms with E-state index in [0.717, 1.165) is 5.56 Å². The van der Waals surface area contributed by atoms with E-state index in [1.165, 1.54) is 37.1 Å². The first-order valence-electron chi connectivity index (χ1n) is 9.28. The number of nitrogens with one attached hydrogen (secondary N) is 1. The van der Waals surface area contributed by atoms with Gasteiger partial charge in [-0.15, -0.1) is 0 Å². The predicted molar refractivity (Wildman–Crippen MR) is 103 cm³/mol. The molecule has 1 aliphatic rings. The van der Waals surface area contributed by atoms with Gasteiger partial charge in [-0.05, 0) is 24.6 Å². The second-order valence-electron chi connectivity index (χ2n) is 7.24. The van der Waals surface area contributed by atoms with E-state index >= 15 is 0 Å². The van der Waals surface area contributed by atoms with Crippen LogP contribution in [0.5, 0.6) is 5.88 Å². The zero-order chi connectivity index (χ0) is 21.5. The molecule has 0 spiro atoms. The SMILES string of the molecule is COc1nc(NCc2ccc(F)cc2)nc2c1ncn2C1O[C@H](CO)[C@@H](O)[C@@]1(C)O. The van der Waals surface area contributed by atoms with Crippen LogP contribution in [0.15, 0.2) is 30.6 Å². The van der Waals surface area contributed by atoms with Gasteiger partial charge in [0.05, 0.1) is 20.0 Å². The number of rotatable bonds is 6. The van der Waals surface area contributed by atoms with Crippen LogP contribution >= 0.6 is 0 Å². The van der Waals surface area contributed by atoms with E-state index in [1.807, 2.05) is 0 Å². The smallest absolute Gasteiger partial charge is 0.246 e. The molecule has 11 heteroatoms. The highest BCUT2D eigenvalue weighted by atomic mass is 19.1. The van der Waals surface area contributed by atoms with E-state index in [4.69, 9.17) is 9.47 Å². The first-order valence-corrected chi connectivity index (χ1v) is 9.28. The molecule has 1 aromatic carbocycles. The molecule has 1 saturated heterocycles. The van der Waals surface area contributed by atoms with Crippen molar-refractivity contribution in [3.05, 3.63) is 42.0 Å².